The molecule has 0 spiro atoms. The molecule has 2 amide bonds. The van der Waals surface area contributed by atoms with E-state index in [-0.39, 0.29) is 45.7 Å². The third-order valence-electron chi connectivity index (χ3n) is 9.10. The molecule has 43 heavy (non-hydrogen) atoms. The minimum Gasteiger partial charge on any atom is -0.454 e. The summed E-state index contributed by atoms with van der Waals surface area (Å²) < 4.78 is 6.06. The van der Waals surface area contributed by atoms with Gasteiger partial charge in [0.1, 0.15) is 22.7 Å². The normalized spacial score (nSPS) is 22.7. The van der Waals surface area contributed by atoms with Crippen LogP contribution in [0.2, 0.25) is 0 Å². The van der Waals surface area contributed by atoms with Gasteiger partial charge in [-0.25, -0.2) is 0 Å². The lowest BCUT2D eigenvalue weighted by Gasteiger charge is -2.34. The van der Waals surface area contributed by atoms with E-state index in [1.807, 2.05) is 20.9 Å². The number of likely N-dealkylation sites (N-methyl/N-ethyl adjacent to an activating group) is 1. The number of aromatic nitrogens is 1. The third-order valence-corrected chi connectivity index (χ3v) is 9.10. The van der Waals surface area contributed by atoms with Gasteiger partial charge >= 0.3 is 0 Å². The van der Waals surface area contributed by atoms with Gasteiger partial charge in [-0.15, -0.1) is 0 Å². The summed E-state index contributed by atoms with van der Waals surface area (Å²) in [7, 11) is 1.99. The first-order valence-electron chi connectivity index (χ1n) is 14.2. The second-order valence-electron chi connectivity index (χ2n) is 11.9. The SMILES string of the molecule is Cc1c(C(=O)NC23C(=O)c4cccc([N+](=O)[O-])c4C2(O)Oc2cc(C(C)C)ccc23)[nH]c(C(=O)N2CCN(C)CC2)c1C. The van der Waals surface area contributed by atoms with Crippen molar-refractivity contribution < 1.29 is 29.2 Å². The van der Waals surface area contributed by atoms with E-state index in [1.165, 1.54) is 18.2 Å². The first-order valence-corrected chi connectivity index (χ1v) is 14.2. The van der Waals surface area contributed by atoms with Crippen LogP contribution < -0.4 is 10.1 Å². The van der Waals surface area contributed by atoms with E-state index in [1.54, 1.807) is 36.9 Å². The number of H-pyrrole nitrogens is 1. The number of ether oxygens (including phenoxy) is 1. The highest BCUT2D eigenvalue weighted by molar-refractivity contribution is 6.14. The van der Waals surface area contributed by atoms with Crippen LogP contribution in [0, 0.1) is 24.0 Å². The van der Waals surface area contributed by atoms with Crippen molar-refractivity contribution in [3.63, 3.8) is 0 Å². The maximum absolute atomic E-state index is 14.3. The van der Waals surface area contributed by atoms with E-state index >= 15 is 0 Å². The van der Waals surface area contributed by atoms with Crippen LogP contribution in [0.3, 0.4) is 0 Å². The molecule has 12 heteroatoms. The monoisotopic (exact) mass is 587 g/mol. The van der Waals surface area contributed by atoms with Crippen molar-refractivity contribution in [1.29, 1.82) is 0 Å². The molecule has 3 N–H and O–H groups in total. The van der Waals surface area contributed by atoms with Gasteiger partial charge in [-0.1, -0.05) is 38.1 Å². The minimum absolute atomic E-state index is 0.0391. The maximum atomic E-state index is 14.3. The molecule has 1 aliphatic carbocycles. The van der Waals surface area contributed by atoms with Crippen molar-refractivity contribution in [3.05, 3.63) is 91.3 Å². The molecule has 6 rings (SSSR count). The number of aromatic amines is 1. The van der Waals surface area contributed by atoms with Crippen LogP contribution >= 0.6 is 0 Å². The van der Waals surface area contributed by atoms with Gasteiger partial charge in [0, 0.05) is 43.4 Å². The summed E-state index contributed by atoms with van der Waals surface area (Å²) in [5.74, 6) is -4.15. The summed E-state index contributed by atoms with van der Waals surface area (Å²) in [4.78, 5) is 60.0. The highest BCUT2D eigenvalue weighted by Gasteiger charge is 2.73. The molecule has 3 aliphatic rings. The van der Waals surface area contributed by atoms with Gasteiger partial charge in [-0.2, -0.15) is 0 Å². The highest BCUT2D eigenvalue weighted by atomic mass is 16.6. The number of nitrogens with zero attached hydrogens (tertiary/aromatic N) is 3. The Kier molecular flexibility index (Phi) is 6.47. The molecule has 0 bridgehead atoms. The van der Waals surface area contributed by atoms with Crippen molar-refractivity contribution in [2.24, 2.45) is 0 Å². The fraction of sp³-hybridized carbons (Fsp3) is 0.387. The molecular formula is C31H33N5O7. The topological polar surface area (TPSA) is 158 Å². The zero-order valence-electron chi connectivity index (χ0n) is 24.6. The Morgan fingerprint density at radius 1 is 1.09 bits per heavy atom. The average Bonchev–Trinajstić information content (AvgIpc) is 3.48. The summed E-state index contributed by atoms with van der Waals surface area (Å²) in [5, 5.41) is 27.0. The van der Waals surface area contributed by atoms with Crippen LogP contribution in [0.5, 0.6) is 5.75 Å². The number of nitro groups is 1. The lowest BCUT2D eigenvalue weighted by atomic mass is 9.82. The smallest absolute Gasteiger partial charge is 0.280 e. The fourth-order valence-electron chi connectivity index (χ4n) is 6.40. The fourth-order valence-corrected chi connectivity index (χ4v) is 6.40. The summed E-state index contributed by atoms with van der Waals surface area (Å²) >= 11 is 0. The van der Waals surface area contributed by atoms with E-state index in [4.69, 9.17) is 4.74 Å². The second-order valence-corrected chi connectivity index (χ2v) is 11.9. The summed E-state index contributed by atoms with van der Waals surface area (Å²) in [6.45, 7) is 9.90. The van der Waals surface area contributed by atoms with E-state index in [0.29, 0.717) is 24.2 Å². The van der Waals surface area contributed by atoms with E-state index < -0.39 is 33.6 Å². The number of Topliss-reactive ketones (excluding diaryl/α,β-unsaturated/α-hetero) is 1. The lowest BCUT2D eigenvalue weighted by Crippen LogP contribution is -2.60. The number of hydrogen-bond acceptors (Lipinski definition) is 8. The molecule has 1 saturated heterocycles. The third kappa shape index (κ3) is 3.93. The summed E-state index contributed by atoms with van der Waals surface area (Å²) in [6.07, 6.45) is 0. The Balaban J connectivity index is 1.46. The second kappa shape index (κ2) is 9.75. The highest BCUT2D eigenvalue weighted by Crippen LogP contribution is 2.60. The van der Waals surface area contributed by atoms with Crippen molar-refractivity contribution in [2.45, 2.75) is 44.9 Å². The van der Waals surface area contributed by atoms with Crippen LogP contribution in [-0.2, 0) is 11.3 Å². The Morgan fingerprint density at radius 3 is 2.42 bits per heavy atom. The van der Waals surface area contributed by atoms with Gasteiger partial charge < -0.3 is 29.9 Å². The number of ketones is 1. The first-order chi connectivity index (χ1) is 20.3. The van der Waals surface area contributed by atoms with Gasteiger partial charge in [-0.05, 0) is 49.6 Å². The summed E-state index contributed by atoms with van der Waals surface area (Å²) in [6, 6.07) is 8.96. The number of amides is 2. The Labute approximate surface area is 247 Å². The van der Waals surface area contributed by atoms with Crippen LogP contribution in [0.25, 0.3) is 0 Å². The lowest BCUT2D eigenvalue weighted by molar-refractivity contribution is -0.388. The van der Waals surface area contributed by atoms with Crippen molar-refractivity contribution in [1.82, 2.24) is 20.1 Å². The van der Waals surface area contributed by atoms with E-state index in [0.717, 1.165) is 18.7 Å². The van der Waals surface area contributed by atoms with Crippen LogP contribution in [0.4, 0.5) is 5.69 Å². The molecule has 3 aromatic rings. The first kappa shape index (κ1) is 28.6. The zero-order valence-corrected chi connectivity index (χ0v) is 24.6. The van der Waals surface area contributed by atoms with Crippen LogP contribution in [0.1, 0.15) is 78.9 Å². The molecule has 2 unspecified atom stereocenters. The Bertz CT molecular complexity index is 1720. The molecular weight excluding hydrogens is 554 g/mol. The van der Waals surface area contributed by atoms with Gasteiger partial charge in [0.05, 0.1) is 4.92 Å². The Hall–Kier alpha value is -4.55. The predicted molar refractivity (Wildman–Crippen MR) is 155 cm³/mol. The molecule has 12 nitrogen and oxygen atoms in total. The number of aliphatic hydroxyl groups is 1. The molecule has 3 heterocycles. The molecule has 0 saturated carbocycles. The number of benzene rings is 2. The van der Waals surface area contributed by atoms with Gasteiger partial charge in [0.25, 0.3) is 23.3 Å². The van der Waals surface area contributed by atoms with E-state index in [9.17, 15) is 29.6 Å². The standard InChI is InChI=1S/C31H33N5O7/c1-16(2)19-9-10-21-23(15-19)43-31(40)24-20(7-6-8-22(24)36(41)42)27(37)30(21,31)33-28(38)25-17(3)18(4)26(32-25)29(39)35-13-11-34(5)12-14-35/h6-10,15-16,32,40H,11-14H2,1-5H3,(H,33,38). The molecule has 1 aromatic heterocycles. The maximum Gasteiger partial charge on any atom is 0.280 e. The van der Waals surface area contributed by atoms with Gasteiger partial charge in [-0.3, -0.25) is 24.5 Å². The quantitative estimate of drug-likeness (QED) is 0.304. The number of rotatable bonds is 5. The molecule has 2 atom stereocenters. The van der Waals surface area contributed by atoms with Crippen molar-refractivity contribution in [3.8, 4) is 5.75 Å². The zero-order chi connectivity index (χ0) is 31.0. The number of nitro benzene ring substituents is 1. The number of nitrogens with one attached hydrogen (secondary N) is 2. The number of carbonyl (C=O) groups excluding carboxylic acids is 3. The van der Waals surface area contributed by atoms with Crippen LogP contribution in [-0.4, -0.2) is 75.6 Å². The largest absolute Gasteiger partial charge is 0.454 e. The average molecular weight is 588 g/mol. The molecule has 1 fully saturated rings. The predicted octanol–water partition coefficient (Wildman–Crippen LogP) is 3.11. The molecule has 0 radical (unpaired) electrons. The van der Waals surface area contributed by atoms with Crippen molar-refractivity contribution in [2.75, 3.05) is 33.2 Å². The van der Waals surface area contributed by atoms with E-state index in [2.05, 4.69) is 15.2 Å². The summed E-state index contributed by atoms with van der Waals surface area (Å²) in [5.41, 5.74) is -0.761. The molecule has 2 aromatic carbocycles. The number of piperazine rings is 1. The van der Waals surface area contributed by atoms with Crippen LogP contribution in [0.15, 0.2) is 36.4 Å². The number of hydrogen-bond donors (Lipinski definition) is 3. The van der Waals surface area contributed by atoms with Gasteiger partial charge in [0.15, 0.2) is 0 Å². The minimum atomic E-state index is -2.61. The number of fused-ring (bicyclic) bond motifs is 5. The number of carbonyl (C=O) groups is 3. The van der Waals surface area contributed by atoms with Crippen molar-refractivity contribution >= 4 is 23.3 Å². The molecule has 2 aliphatic heterocycles. The Morgan fingerprint density at radius 2 is 1.77 bits per heavy atom. The van der Waals surface area contributed by atoms with Gasteiger partial charge in [0.2, 0.25) is 11.3 Å². The molecule has 224 valence electrons.